The fourth-order valence-corrected chi connectivity index (χ4v) is 7.90. The van der Waals surface area contributed by atoms with Crippen molar-refractivity contribution >= 4 is 52.2 Å². The van der Waals surface area contributed by atoms with Crippen molar-refractivity contribution in [3.63, 3.8) is 0 Å². The van der Waals surface area contributed by atoms with E-state index in [1.165, 1.54) is 24.3 Å². The highest BCUT2D eigenvalue weighted by Crippen LogP contribution is 2.53. The molecule has 2 unspecified atom stereocenters. The zero-order valence-corrected chi connectivity index (χ0v) is 24.7. The summed E-state index contributed by atoms with van der Waals surface area (Å²) in [6.07, 6.45) is 0. The molecule has 2 aliphatic rings. The summed E-state index contributed by atoms with van der Waals surface area (Å²) >= 11 is 2.15. The predicted octanol–water partition coefficient (Wildman–Crippen LogP) is 5.10. The van der Waals surface area contributed by atoms with Gasteiger partial charge in [-0.1, -0.05) is 41.3 Å². The standard InChI is InChI=1S/C31H26FN3O6S2/c1-3-40-22-14-17(7-12-21(22)41-15-23(36)33-19-6-4-5-16(2)13-19)24-25-27(42-28-26(24)43-31(39)34-28)30(38)35(29(25)37)20-10-8-18(32)9-11-20/h4-14,24-25,27H,3,15H2,1-2H3,(H,33,36)(H,34,39)/t24-,25?,27?/m1/s1. The monoisotopic (exact) mass is 619 g/mol. The van der Waals surface area contributed by atoms with Crippen LogP contribution in [0, 0.1) is 18.7 Å². The Morgan fingerprint density at radius 1 is 1.00 bits per heavy atom. The number of aromatic amines is 1. The smallest absolute Gasteiger partial charge is 0.305 e. The number of nitrogens with one attached hydrogen (secondary N) is 2. The minimum absolute atomic E-state index is 0.263. The normalized spacial score (nSPS) is 19.1. The van der Waals surface area contributed by atoms with Gasteiger partial charge in [0, 0.05) is 16.5 Å². The number of carbonyl (C=O) groups excluding carboxylic acids is 3. The Morgan fingerprint density at radius 2 is 1.79 bits per heavy atom. The summed E-state index contributed by atoms with van der Waals surface area (Å²) in [6, 6.07) is 17.7. The number of fused-ring (bicyclic) bond motifs is 2. The summed E-state index contributed by atoms with van der Waals surface area (Å²) in [6.45, 7) is 3.78. The summed E-state index contributed by atoms with van der Waals surface area (Å²) in [5.74, 6) is -2.46. The average Bonchev–Trinajstić information content (AvgIpc) is 3.47. The SMILES string of the molecule is CCOc1cc([C@H]2c3sc(=O)[nH]c3SC3C(=O)N(c4ccc(F)cc4)C(=O)C32)ccc1OCC(=O)Nc1cccc(C)c1. The first-order valence-electron chi connectivity index (χ1n) is 13.5. The number of nitrogens with zero attached hydrogens (tertiary/aromatic N) is 1. The summed E-state index contributed by atoms with van der Waals surface area (Å²) in [7, 11) is 0. The zero-order valence-electron chi connectivity index (χ0n) is 23.1. The second-order valence-corrected chi connectivity index (χ2v) is 12.3. The number of amides is 3. The van der Waals surface area contributed by atoms with Gasteiger partial charge < -0.3 is 19.8 Å². The minimum atomic E-state index is -0.817. The highest BCUT2D eigenvalue weighted by Gasteiger charge is 2.56. The van der Waals surface area contributed by atoms with Gasteiger partial charge in [0.2, 0.25) is 11.8 Å². The van der Waals surface area contributed by atoms with Crippen LogP contribution in [0.2, 0.25) is 0 Å². The van der Waals surface area contributed by atoms with E-state index in [1.807, 2.05) is 32.0 Å². The molecule has 43 heavy (non-hydrogen) atoms. The summed E-state index contributed by atoms with van der Waals surface area (Å²) < 4.78 is 25.3. The lowest BCUT2D eigenvalue weighted by Gasteiger charge is -2.30. The van der Waals surface area contributed by atoms with Gasteiger partial charge >= 0.3 is 4.87 Å². The number of aromatic nitrogens is 1. The fraction of sp³-hybridized carbons (Fsp3) is 0.226. The van der Waals surface area contributed by atoms with Crippen LogP contribution in [0.3, 0.4) is 0 Å². The van der Waals surface area contributed by atoms with Gasteiger partial charge in [0.25, 0.3) is 5.91 Å². The van der Waals surface area contributed by atoms with E-state index in [0.29, 0.717) is 39.3 Å². The number of imide groups is 1. The molecule has 1 aromatic heterocycles. The quantitative estimate of drug-likeness (QED) is 0.264. The van der Waals surface area contributed by atoms with Crippen molar-refractivity contribution in [3.8, 4) is 11.5 Å². The summed E-state index contributed by atoms with van der Waals surface area (Å²) in [5, 5.41) is 2.54. The van der Waals surface area contributed by atoms with Crippen LogP contribution in [-0.4, -0.2) is 41.2 Å². The van der Waals surface area contributed by atoms with Gasteiger partial charge in [-0.2, -0.15) is 0 Å². The van der Waals surface area contributed by atoms with Crippen molar-refractivity contribution in [2.45, 2.75) is 30.0 Å². The van der Waals surface area contributed by atoms with Crippen LogP contribution in [0.15, 0.2) is 76.6 Å². The summed E-state index contributed by atoms with van der Waals surface area (Å²) in [5.41, 5.74) is 2.60. The van der Waals surface area contributed by atoms with Crippen LogP contribution >= 0.6 is 23.1 Å². The molecule has 9 nitrogen and oxygen atoms in total. The van der Waals surface area contributed by atoms with E-state index in [1.54, 1.807) is 24.3 Å². The van der Waals surface area contributed by atoms with Crippen molar-refractivity contribution in [1.29, 1.82) is 0 Å². The second kappa shape index (κ2) is 11.7. The molecule has 3 atom stereocenters. The molecular formula is C31H26FN3O6S2. The first-order chi connectivity index (χ1) is 20.7. The van der Waals surface area contributed by atoms with Crippen LogP contribution in [0.4, 0.5) is 15.8 Å². The number of thiazole rings is 1. The minimum Gasteiger partial charge on any atom is -0.490 e. The van der Waals surface area contributed by atoms with Crippen LogP contribution in [0.25, 0.3) is 0 Å². The van der Waals surface area contributed by atoms with Crippen molar-refractivity contribution in [2.75, 3.05) is 23.4 Å². The molecule has 0 bridgehead atoms. The Bertz CT molecular complexity index is 1790. The Morgan fingerprint density at radius 3 is 2.53 bits per heavy atom. The number of rotatable bonds is 8. The van der Waals surface area contributed by atoms with Gasteiger partial charge in [0.15, 0.2) is 18.1 Å². The number of benzene rings is 3. The van der Waals surface area contributed by atoms with Crippen LogP contribution in [0.1, 0.15) is 28.8 Å². The molecule has 0 aliphatic carbocycles. The molecular weight excluding hydrogens is 593 g/mol. The van der Waals surface area contributed by atoms with Crippen LogP contribution < -0.4 is 24.6 Å². The number of carbonyl (C=O) groups is 3. The predicted molar refractivity (Wildman–Crippen MR) is 162 cm³/mol. The van der Waals surface area contributed by atoms with Gasteiger partial charge in [-0.05, 0) is 73.5 Å². The molecule has 12 heteroatoms. The van der Waals surface area contributed by atoms with E-state index < -0.39 is 34.7 Å². The molecule has 2 aliphatic heterocycles. The third-order valence-corrected chi connectivity index (χ3v) is 9.60. The maximum atomic E-state index is 13.9. The molecule has 3 aromatic carbocycles. The van der Waals surface area contributed by atoms with Crippen molar-refractivity contribution in [3.05, 3.63) is 98.2 Å². The van der Waals surface area contributed by atoms with E-state index in [9.17, 15) is 23.6 Å². The molecule has 1 fully saturated rings. The Kier molecular flexibility index (Phi) is 7.80. The van der Waals surface area contributed by atoms with E-state index in [4.69, 9.17) is 9.47 Å². The van der Waals surface area contributed by atoms with E-state index in [-0.39, 0.29) is 23.1 Å². The Labute approximate surface area is 254 Å². The van der Waals surface area contributed by atoms with Crippen molar-refractivity contribution in [1.82, 2.24) is 4.98 Å². The maximum Gasteiger partial charge on any atom is 0.305 e. The molecule has 0 spiro atoms. The number of aryl methyl sites for hydroxylation is 1. The largest absolute Gasteiger partial charge is 0.490 e. The lowest BCUT2D eigenvalue weighted by molar-refractivity contribution is -0.122. The van der Waals surface area contributed by atoms with Crippen LogP contribution in [0.5, 0.6) is 11.5 Å². The van der Waals surface area contributed by atoms with E-state index in [2.05, 4.69) is 10.3 Å². The molecule has 3 heterocycles. The molecule has 0 saturated carbocycles. The number of hydrogen-bond acceptors (Lipinski definition) is 8. The Balaban J connectivity index is 1.31. The zero-order chi connectivity index (χ0) is 30.2. The molecule has 3 amide bonds. The van der Waals surface area contributed by atoms with Gasteiger partial charge in [-0.25, -0.2) is 9.29 Å². The number of thioether (sulfide) groups is 1. The molecule has 6 rings (SSSR count). The maximum absolute atomic E-state index is 13.9. The van der Waals surface area contributed by atoms with Gasteiger partial charge in [-0.3, -0.25) is 19.2 Å². The number of anilines is 2. The molecule has 1 saturated heterocycles. The molecule has 220 valence electrons. The number of hydrogen-bond donors (Lipinski definition) is 2. The van der Waals surface area contributed by atoms with Gasteiger partial charge in [0.1, 0.15) is 11.1 Å². The third kappa shape index (κ3) is 5.55. The van der Waals surface area contributed by atoms with Crippen molar-refractivity contribution < 1.29 is 28.2 Å². The second-order valence-electron chi connectivity index (χ2n) is 10.1. The fourth-order valence-electron chi connectivity index (χ4n) is 5.39. The highest BCUT2D eigenvalue weighted by atomic mass is 32.2. The van der Waals surface area contributed by atoms with E-state index >= 15 is 0 Å². The van der Waals surface area contributed by atoms with Gasteiger partial charge in [0.05, 0.1) is 23.2 Å². The average molecular weight is 620 g/mol. The Hall–Kier alpha value is -4.42. The number of halogens is 1. The molecule has 0 radical (unpaired) electrons. The number of H-pyrrole nitrogens is 1. The lowest BCUT2D eigenvalue weighted by atomic mass is 9.83. The van der Waals surface area contributed by atoms with Gasteiger partial charge in [-0.15, -0.1) is 0 Å². The summed E-state index contributed by atoms with van der Waals surface area (Å²) in [4.78, 5) is 56.7. The first-order valence-corrected chi connectivity index (χ1v) is 15.2. The van der Waals surface area contributed by atoms with Crippen LogP contribution in [-0.2, 0) is 14.4 Å². The molecule has 2 N–H and O–H groups in total. The molecule has 4 aromatic rings. The lowest BCUT2D eigenvalue weighted by Crippen LogP contribution is -2.32. The highest BCUT2D eigenvalue weighted by molar-refractivity contribution is 8.00. The topological polar surface area (TPSA) is 118 Å². The number of ether oxygens (including phenoxy) is 2. The third-order valence-electron chi connectivity index (χ3n) is 7.20. The van der Waals surface area contributed by atoms with Crippen molar-refractivity contribution in [2.24, 2.45) is 5.92 Å². The first kappa shape index (κ1) is 28.7. The van der Waals surface area contributed by atoms with E-state index in [0.717, 1.165) is 33.6 Å².